The van der Waals surface area contributed by atoms with E-state index in [0.29, 0.717) is 16.7 Å². The average Bonchev–Trinajstić information content (AvgIpc) is 3.04. The Kier molecular flexibility index (Phi) is 4.06. The summed E-state index contributed by atoms with van der Waals surface area (Å²) in [5.41, 5.74) is 1.19. The summed E-state index contributed by atoms with van der Waals surface area (Å²) >= 11 is 1.49. The Morgan fingerprint density at radius 1 is 1.43 bits per heavy atom. The highest BCUT2D eigenvalue weighted by atomic mass is 32.1. The molecule has 1 aliphatic rings. The predicted molar refractivity (Wildman–Crippen MR) is 85.4 cm³/mol. The fraction of sp³-hybridized carbons (Fsp3) is 0.412. The van der Waals surface area contributed by atoms with Gasteiger partial charge in [-0.3, -0.25) is 4.79 Å². The molecule has 0 bridgehead atoms. The maximum absolute atomic E-state index is 12.5. The molecule has 0 aliphatic heterocycles. The van der Waals surface area contributed by atoms with Crippen molar-refractivity contribution in [2.75, 3.05) is 0 Å². The van der Waals surface area contributed by atoms with Gasteiger partial charge in [0.25, 0.3) is 5.91 Å². The highest BCUT2D eigenvalue weighted by Crippen LogP contribution is 2.47. The van der Waals surface area contributed by atoms with Crippen LogP contribution < -0.4 is 5.32 Å². The van der Waals surface area contributed by atoms with Crippen molar-refractivity contribution in [2.45, 2.75) is 32.7 Å². The normalized spacial score (nSPS) is 21.8. The van der Waals surface area contributed by atoms with Gasteiger partial charge in [0.15, 0.2) is 0 Å². The van der Waals surface area contributed by atoms with E-state index in [-0.39, 0.29) is 11.9 Å². The first-order chi connectivity index (χ1) is 10.2. The summed E-state index contributed by atoms with van der Waals surface area (Å²) in [5.74, 6) is 1.23. The van der Waals surface area contributed by atoms with Crippen molar-refractivity contribution >= 4 is 17.2 Å². The molecule has 1 aliphatic carbocycles. The number of nitrogens with zero attached hydrogens (tertiary/aromatic N) is 1. The molecule has 0 saturated heterocycles. The van der Waals surface area contributed by atoms with Crippen LogP contribution in [0.4, 0.5) is 0 Å². The van der Waals surface area contributed by atoms with E-state index in [1.807, 2.05) is 18.2 Å². The van der Waals surface area contributed by atoms with Crippen molar-refractivity contribution in [3.8, 4) is 0 Å². The van der Waals surface area contributed by atoms with Gasteiger partial charge in [-0.25, -0.2) is 4.98 Å². The first kappa shape index (κ1) is 14.3. The Bertz CT molecular complexity index is 623. The molecule has 1 N–H and O–H groups in total. The van der Waals surface area contributed by atoms with E-state index in [1.165, 1.54) is 23.3 Å². The fourth-order valence-electron chi connectivity index (χ4n) is 2.70. The summed E-state index contributed by atoms with van der Waals surface area (Å²) in [6.45, 7) is 4.30. The zero-order valence-electron chi connectivity index (χ0n) is 12.4. The van der Waals surface area contributed by atoms with Gasteiger partial charge in [0.05, 0.1) is 17.2 Å². The number of nitrogens with one attached hydrogen (secondary N) is 1. The second-order valence-electron chi connectivity index (χ2n) is 5.71. The Hall–Kier alpha value is -1.68. The van der Waals surface area contributed by atoms with Crippen molar-refractivity contribution in [3.05, 3.63) is 52.0 Å². The fourth-order valence-corrected chi connectivity index (χ4v) is 3.46. The number of hydrogen-bond acceptors (Lipinski definition) is 3. The number of carbonyl (C=O) groups excluding carboxylic acids is 1. The van der Waals surface area contributed by atoms with Crippen molar-refractivity contribution in [2.24, 2.45) is 11.8 Å². The first-order valence-electron chi connectivity index (χ1n) is 7.49. The number of hydrogen-bond donors (Lipinski definition) is 1. The third kappa shape index (κ3) is 3.16. The predicted octanol–water partition coefficient (Wildman–Crippen LogP) is 3.83. The van der Waals surface area contributed by atoms with E-state index in [2.05, 4.69) is 36.3 Å². The van der Waals surface area contributed by atoms with Crippen molar-refractivity contribution in [1.82, 2.24) is 10.3 Å². The van der Waals surface area contributed by atoms with Crippen LogP contribution in [0.5, 0.6) is 0 Å². The number of rotatable bonds is 5. The van der Waals surface area contributed by atoms with E-state index < -0.39 is 0 Å². The lowest BCUT2D eigenvalue weighted by atomic mass is 10.0. The molecule has 110 valence electrons. The Balaban J connectivity index is 1.77. The lowest BCUT2D eigenvalue weighted by Gasteiger charge is -2.18. The molecule has 1 saturated carbocycles. The van der Waals surface area contributed by atoms with Gasteiger partial charge in [-0.15, -0.1) is 11.3 Å². The smallest absolute Gasteiger partial charge is 0.263 e. The Labute approximate surface area is 129 Å². The minimum Gasteiger partial charge on any atom is -0.344 e. The van der Waals surface area contributed by atoms with Crippen LogP contribution in [0.1, 0.15) is 46.6 Å². The first-order valence-corrected chi connectivity index (χ1v) is 8.31. The van der Waals surface area contributed by atoms with E-state index in [9.17, 15) is 4.79 Å². The third-order valence-corrected chi connectivity index (χ3v) is 5.27. The molecule has 3 unspecified atom stereocenters. The molecule has 1 amide bonds. The van der Waals surface area contributed by atoms with Gasteiger partial charge in [-0.2, -0.15) is 0 Å². The van der Waals surface area contributed by atoms with Crippen molar-refractivity contribution in [1.29, 1.82) is 0 Å². The largest absolute Gasteiger partial charge is 0.344 e. The van der Waals surface area contributed by atoms with Crippen molar-refractivity contribution in [3.63, 3.8) is 0 Å². The maximum atomic E-state index is 12.5. The number of carbonyl (C=O) groups is 1. The molecule has 1 fully saturated rings. The molecule has 1 heterocycles. The minimum absolute atomic E-state index is 0.000142. The molecule has 0 radical (unpaired) electrons. The van der Waals surface area contributed by atoms with E-state index >= 15 is 0 Å². The number of aromatic nitrogens is 1. The molecule has 3 rings (SSSR count). The van der Waals surface area contributed by atoms with Gasteiger partial charge in [-0.1, -0.05) is 44.2 Å². The van der Waals surface area contributed by atoms with Gasteiger partial charge in [0.1, 0.15) is 4.88 Å². The molecule has 1 aromatic carbocycles. The van der Waals surface area contributed by atoms with Crippen molar-refractivity contribution < 1.29 is 4.79 Å². The molecule has 4 heteroatoms. The standard InChI is InChI=1S/C17H20N2OS/c1-3-15-18-10-14(21-15)17(20)19-16(13-9-11(13)2)12-7-5-4-6-8-12/h4-8,10-11,13,16H,3,9H2,1-2H3,(H,19,20). The number of benzene rings is 1. The average molecular weight is 300 g/mol. The van der Waals surface area contributed by atoms with Gasteiger partial charge in [0.2, 0.25) is 0 Å². The Morgan fingerprint density at radius 2 is 2.14 bits per heavy atom. The SMILES string of the molecule is CCc1ncc(C(=O)NC(c2ccccc2)C2CC2C)s1. The molecular weight excluding hydrogens is 280 g/mol. The molecule has 21 heavy (non-hydrogen) atoms. The lowest BCUT2D eigenvalue weighted by Crippen LogP contribution is -2.29. The second-order valence-corrected chi connectivity index (χ2v) is 6.83. The zero-order chi connectivity index (χ0) is 14.8. The van der Waals surface area contributed by atoms with E-state index in [1.54, 1.807) is 6.20 Å². The van der Waals surface area contributed by atoms with Crippen LogP contribution in [0.3, 0.4) is 0 Å². The van der Waals surface area contributed by atoms with E-state index in [0.717, 1.165) is 11.4 Å². The molecule has 3 nitrogen and oxygen atoms in total. The lowest BCUT2D eigenvalue weighted by molar-refractivity contribution is 0.0934. The third-order valence-electron chi connectivity index (χ3n) is 4.12. The zero-order valence-corrected chi connectivity index (χ0v) is 13.2. The minimum atomic E-state index is 0.000142. The highest BCUT2D eigenvalue weighted by Gasteiger charge is 2.41. The van der Waals surface area contributed by atoms with Gasteiger partial charge in [0, 0.05) is 0 Å². The monoisotopic (exact) mass is 300 g/mol. The molecule has 3 atom stereocenters. The maximum Gasteiger partial charge on any atom is 0.263 e. The molecule has 1 aromatic heterocycles. The number of amides is 1. The summed E-state index contributed by atoms with van der Waals surface area (Å²) in [6, 6.07) is 10.4. The molecular formula is C17H20N2OS. The van der Waals surface area contributed by atoms with Gasteiger partial charge >= 0.3 is 0 Å². The van der Waals surface area contributed by atoms with E-state index in [4.69, 9.17) is 0 Å². The van der Waals surface area contributed by atoms with Crippen LogP contribution in [0.15, 0.2) is 36.5 Å². The summed E-state index contributed by atoms with van der Waals surface area (Å²) in [4.78, 5) is 17.4. The topological polar surface area (TPSA) is 42.0 Å². The van der Waals surface area contributed by atoms with Crippen LogP contribution in [-0.2, 0) is 6.42 Å². The van der Waals surface area contributed by atoms with Gasteiger partial charge in [-0.05, 0) is 30.2 Å². The van der Waals surface area contributed by atoms with Crippen LogP contribution in [0, 0.1) is 11.8 Å². The number of thiazole rings is 1. The summed E-state index contributed by atoms with van der Waals surface area (Å²) in [6.07, 6.45) is 3.75. The summed E-state index contributed by atoms with van der Waals surface area (Å²) < 4.78 is 0. The summed E-state index contributed by atoms with van der Waals surface area (Å²) in [7, 11) is 0. The van der Waals surface area contributed by atoms with Crippen LogP contribution >= 0.6 is 11.3 Å². The second kappa shape index (κ2) is 5.98. The van der Waals surface area contributed by atoms with Gasteiger partial charge < -0.3 is 5.32 Å². The van der Waals surface area contributed by atoms with Crippen LogP contribution in [-0.4, -0.2) is 10.9 Å². The number of aryl methyl sites for hydroxylation is 1. The van der Waals surface area contributed by atoms with Crippen LogP contribution in [0.25, 0.3) is 0 Å². The van der Waals surface area contributed by atoms with Crippen LogP contribution in [0.2, 0.25) is 0 Å². The quantitative estimate of drug-likeness (QED) is 0.911. The Morgan fingerprint density at radius 3 is 2.71 bits per heavy atom. The highest BCUT2D eigenvalue weighted by molar-refractivity contribution is 7.13. The molecule has 2 aromatic rings. The summed E-state index contributed by atoms with van der Waals surface area (Å²) in [5, 5.41) is 4.22. The molecule has 0 spiro atoms.